The zero-order valence-electron chi connectivity index (χ0n) is 10.6. The predicted octanol–water partition coefficient (Wildman–Crippen LogP) is 4.60. The molecule has 0 saturated heterocycles. The summed E-state index contributed by atoms with van der Waals surface area (Å²) in [6, 6.07) is 8.27. The van der Waals surface area contributed by atoms with Gasteiger partial charge in [0.15, 0.2) is 5.75 Å². The van der Waals surface area contributed by atoms with Crippen LogP contribution in [0.15, 0.2) is 24.3 Å². The van der Waals surface area contributed by atoms with E-state index in [1.54, 1.807) is 7.11 Å². The van der Waals surface area contributed by atoms with Crippen molar-refractivity contribution in [3.8, 4) is 5.75 Å². The number of hydrogen-bond donors (Lipinski definition) is 1. The smallest absolute Gasteiger partial charge is 0.161 e. The van der Waals surface area contributed by atoms with E-state index in [1.807, 2.05) is 12.1 Å². The summed E-state index contributed by atoms with van der Waals surface area (Å²) in [5.74, 6) is 0.711. The lowest BCUT2D eigenvalue weighted by Gasteiger charge is -2.04. The third-order valence-electron chi connectivity index (χ3n) is 3.32. The molecule has 0 fully saturated rings. The molecule has 0 unspecified atom stereocenters. The number of aromatic amines is 1. The molecular formula is C15H14ClNO. The van der Waals surface area contributed by atoms with E-state index in [1.165, 1.54) is 16.5 Å². The average Bonchev–Trinajstić information content (AvgIpc) is 2.66. The summed E-state index contributed by atoms with van der Waals surface area (Å²) in [5, 5.41) is 3.03. The van der Waals surface area contributed by atoms with Gasteiger partial charge in [-0.25, -0.2) is 0 Å². The first-order chi connectivity index (χ1) is 8.61. The molecule has 0 aliphatic heterocycles. The van der Waals surface area contributed by atoms with Gasteiger partial charge in [-0.2, -0.15) is 0 Å². The summed E-state index contributed by atoms with van der Waals surface area (Å²) < 4.78 is 5.39. The van der Waals surface area contributed by atoms with Gasteiger partial charge in [0, 0.05) is 16.3 Å². The van der Waals surface area contributed by atoms with Crippen molar-refractivity contribution in [3.63, 3.8) is 0 Å². The minimum atomic E-state index is 0.630. The Morgan fingerprint density at radius 1 is 1.17 bits per heavy atom. The van der Waals surface area contributed by atoms with E-state index < -0.39 is 0 Å². The Labute approximate surface area is 111 Å². The molecule has 1 aromatic heterocycles. The number of methoxy groups -OCH3 is 1. The number of fused-ring (bicyclic) bond motifs is 3. The Morgan fingerprint density at radius 2 is 1.94 bits per heavy atom. The van der Waals surface area contributed by atoms with Crippen LogP contribution >= 0.6 is 11.6 Å². The highest BCUT2D eigenvalue weighted by Gasteiger charge is 2.13. The molecule has 0 amide bonds. The zero-order chi connectivity index (χ0) is 12.9. The molecule has 92 valence electrons. The van der Waals surface area contributed by atoms with Crippen LogP contribution in [0.5, 0.6) is 5.75 Å². The van der Waals surface area contributed by atoms with E-state index in [-0.39, 0.29) is 0 Å². The fourth-order valence-corrected chi connectivity index (χ4v) is 2.88. The second-order valence-electron chi connectivity index (χ2n) is 4.63. The highest BCUT2D eigenvalue weighted by molar-refractivity contribution is 6.33. The summed E-state index contributed by atoms with van der Waals surface area (Å²) >= 11 is 6.16. The van der Waals surface area contributed by atoms with Crippen molar-refractivity contribution in [1.29, 1.82) is 0 Å². The molecule has 0 aliphatic carbocycles. The van der Waals surface area contributed by atoms with Gasteiger partial charge in [-0.05, 0) is 37.1 Å². The minimum absolute atomic E-state index is 0.630. The maximum atomic E-state index is 6.16. The van der Waals surface area contributed by atoms with Crippen molar-refractivity contribution in [2.45, 2.75) is 13.8 Å². The lowest BCUT2D eigenvalue weighted by atomic mass is 10.0. The standard InChI is InChI=1S/C15H14ClNO/c1-8-6-9(2)13-10-4-5-11(16)15(18-3)14(10)17-12(13)7-8/h4-7,17H,1-3H3. The van der Waals surface area contributed by atoms with Crippen LogP contribution in [0.1, 0.15) is 11.1 Å². The normalized spacial score (nSPS) is 11.3. The number of aromatic nitrogens is 1. The van der Waals surface area contributed by atoms with Crippen LogP contribution in [0.4, 0.5) is 0 Å². The summed E-state index contributed by atoms with van der Waals surface area (Å²) in [7, 11) is 1.64. The topological polar surface area (TPSA) is 25.0 Å². The Morgan fingerprint density at radius 3 is 2.67 bits per heavy atom. The van der Waals surface area contributed by atoms with Gasteiger partial charge in [0.1, 0.15) is 0 Å². The number of hydrogen-bond acceptors (Lipinski definition) is 1. The molecule has 0 radical (unpaired) electrons. The molecule has 1 heterocycles. The largest absolute Gasteiger partial charge is 0.493 e. The number of rotatable bonds is 1. The van der Waals surface area contributed by atoms with Gasteiger partial charge in [0.25, 0.3) is 0 Å². The van der Waals surface area contributed by atoms with Crippen LogP contribution in [0.25, 0.3) is 21.8 Å². The number of benzene rings is 2. The summed E-state index contributed by atoms with van der Waals surface area (Å²) in [5.41, 5.74) is 4.61. The van der Waals surface area contributed by atoms with Crippen molar-refractivity contribution in [3.05, 3.63) is 40.4 Å². The van der Waals surface area contributed by atoms with Crippen LogP contribution in [-0.2, 0) is 0 Å². The number of ether oxygens (including phenoxy) is 1. The molecule has 3 aromatic rings. The maximum Gasteiger partial charge on any atom is 0.161 e. The summed E-state index contributed by atoms with van der Waals surface area (Å²) in [6.45, 7) is 4.23. The zero-order valence-corrected chi connectivity index (χ0v) is 11.4. The van der Waals surface area contributed by atoms with Gasteiger partial charge in [-0.3, -0.25) is 0 Å². The van der Waals surface area contributed by atoms with Crippen LogP contribution in [0.2, 0.25) is 5.02 Å². The van der Waals surface area contributed by atoms with Gasteiger partial charge in [0.2, 0.25) is 0 Å². The van der Waals surface area contributed by atoms with E-state index in [4.69, 9.17) is 16.3 Å². The van der Waals surface area contributed by atoms with Crippen LogP contribution in [-0.4, -0.2) is 12.1 Å². The number of H-pyrrole nitrogens is 1. The number of halogens is 1. The number of aryl methyl sites for hydroxylation is 2. The molecule has 3 rings (SSSR count). The SMILES string of the molecule is COc1c(Cl)ccc2c1[nH]c1cc(C)cc(C)c12. The van der Waals surface area contributed by atoms with Crippen LogP contribution in [0, 0.1) is 13.8 Å². The molecule has 3 heteroatoms. The van der Waals surface area contributed by atoms with Gasteiger partial charge < -0.3 is 9.72 Å². The molecule has 0 spiro atoms. The van der Waals surface area contributed by atoms with E-state index >= 15 is 0 Å². The van der Waals surface area contributed by atoms with Crippen molar-refractivity contribution in [2.24, 2.45) is 0 Å². The molecule has 0 saturated carbocycles. The molecule has 0 atom stereocenters. The van der Waals surface area contributed by atoms with Gasteiger partial charge >= 0.3 is 0 Å². The lowest BCUT2D eigenvalue weighted by molar-refractivity contribution is 0.419. The summed E-state index contributed by atoms with van der Waals surface area (Å²) in [4.78, 5) is 3.41. The van der Waals surface area contributed by atoms with Crippen molar-refractivity contribution < 1.29 is 4.74 Å². The Bertz CT molecular complexity index is 758. The Hall–Kier alpha value is -1.67. The molecule has 0 aliphatic rings. The van der Waals surface area contributed by atoms with Gasteiger partial charge in [-0.1, -0.05) is 23.7 Å². The first-order valence-corrected chi connectivity index (χ1v) is 6.24. The second kappa shape index (κ2) is 3.92. The quantitative estimate of drug-likeness (QED) is 0.679. The van der Waals surface area contributed by atoms with E-state index in [0.29, 0.717) is 10.8 Å². The van der Waals surface area contributed by atoms with E-state index in [9.17, 15) is 0 Å². The Balaban J connectivity index is 2.55. The minimum Gasteiger partial charge on any atom is -0.493 e. The first-order valence-electron chi connectivity index (χ1n) is 5.87. The average molecular weight is 260 g/mol. The molecule has 2 aromatic carbocycles. The van der Waals surface area contributed by atoms with Gasteiger partial charge in [-0.15, -0.1) is 0 Å². The predicted molar refractivity (Wildman–Crippen MR) is 76.8 cm³/mol. The molecular weight excluding hydrogens is 246 g/mol. The number of nitrogens with one attached hydrogen (secondary N) is 1. The Kier molecular flexibility index (Phi) is 2.49. The monoisotopic (exact) mass is 259 g/mol. The fraction of sp³-hybridized carbons (Fsp3) is 0.200. The van der Waals surface area contributed by atoms with Crippen molar-refractivity contribution >= 4 is 33.4 Å². The molecule has 18 heavy (non-hydrogen) atoms. The molecule has 1 N–H and O–H groups in total. The fourth-order valence-electron chi connectivity index (χ4n) is 2.65. The third kappa shape index (κ3) is 1.49. The lowest BCUT2D eigenvalue weighted by Crippen LogP contribution is -1.85. The molecule has 0 bridgehead atoms. The second-order valence-corrected chi connectivity index (χ2v) is 5.04. The van der Waals surface area contributed by atoms with E-state index in [2.05, 4.69) is 31.0 Å². The highest BCUT2D eigenvalue weighted by Crippen LogP contribution is 2.38. The maximum absolute atomic E-state index is 6.16. The summed E-state index contributed by atoms with van der Waals surface area (Å²) in [6.07, 6.45) is 0. The van der Waals surface area contributed by atoms with E-state index in [0.717, 1.165) is 16.4 Å². The van der Waals surface area contributed by atoms with Crippen molar-refractivity contribution in [2.75, 3.05) is 7.11 Å². The first kappa shape index (κ1) is 11.4. The van der Waals surface area contributed by atoms with Crippen molar-refractivity contribution in [1.82, 2.24) is 4.98 Å². The third-order valence-corrected chi connectivity index (χ3v) is 3.62. The van der Waals surface area contributed by atoms with Gasteiger partial charge in [0.05, 0.1) is 17.6 Å². The van der Waals surface area contributed by atoms with Crippen LogP contribution < -0.4 is 4.74 Å². The highest BCUT2D eigenvalue weighted by atomic mass is 35.5. The van der Waals surface area contributed by atoms with Crippen LogP contribution in [0.3, 0.4) is 0 Å². The molecule has 2 nitrogen and oxygen atoms in total.